The summed E-state index contributed by atoms with van der Waals surface area (Å²) < 4.78 is 24.5. The number of benzene rings is 1. The number of hydrogen-bond donors (Lipinski definition) is 0. The van der Waals surface area contributed by atoms with Gasteiger partial charge in [-0.1, -0.05) is 0 Å². The Labute approximate surface area is 125 Å². The molecule has 1 aliphatic rings. The van der Waals surface area contributed by atoms with Crippen LogP contribution >= 0.6 is 0 Å². The second-order valence-electron chi connectivity index (χ2n) is 6.04. The lowest BCUT2D eigenvalue weighted by molar-refractivity contribution is -0.154. The molecule has 1 aliphatic heterocycles. The van der Waals surface area contributed by atoms with E-state index >= 15 is 0 Å². The highest BCUT2D eigenvalue weighted by atomic mass is 19.1. The van der Waals surface area contributed by atoms with E-state index in [0.717, 1.165) is 6.54 Å². The summed E-state index contributed by atoms with van der Waals surface area (Å²) in [4.78, 5) is 2.18. The largest absolute Gasteiger partial charge is 0.382 e. The Kier molecular flexibility index (Phi) is 4.94. The fourth-order valence-corrected chi connectivity index (χ4v) is 2.85. The SMILES string of the molecule is COC[C@@H]1CN(Cc2cc(F)ccc2C#N)CC(C)(C)O1. The first-order valence-electron chi connectivity index (χ1n) is 7.01. The van der Waals surface area contributed by atoms with Crippen LogP contribution in [0.5, 0.6) is 0 Å². The zero-order chi connectivity index (χ0) is 15.5. The van der Waals surface area contributed by atoms with E-state index in [9.17, 15) is 4.39 Å². The molecule has 1 saturated heterocycles. The van der Waals surface area contributed by atoms with Crippen molar-refractivity contribution < 1.29 is 13.9 Å². The zero-order valence-electron chi connectivity index (χ0n) is 12.7. The lowest BCUT2D eigenvalue weighted by atomic mass is 10.0. The molecule has 114 valence electrons. The Bertz CT molecular complexity index is 540. The standard InChI is InChI=1S/C16H21FN2O2/c1-16(2)11-19(9-15(21-16)10-20-3)8-13-6-14(17)5-4-12(13)7-18/h4-6,15H,8-11H2,1-3H3/t15-/m0/s1. The molecule has 0 amide bonds. The Morgan fingerprint density at radius 2 is 2.29 bits per heavy atom. The molecule has 0 aromatic heterocycles. The molecule has 0 bridgehead atoms. The average molecular weight is 292 g/mol. The highest BCUT2D eigenvalue weighted by molar-refractivity contribution is 5.37. The van der Waals surface area contributed by atoms with Crippen LogP contribution in [0.1, 0.15) is 25.0 Å². The van der Waals surface area contributed by atoms with Crippen LogP contribution in [0.25, 0.3) is 0 Å². The molecule has 0 unspecified atom stereocenters. The van der Waals surface area contributed by atoms with Crippen LogP contribution in [-0.4, -0.2) is 43.4 Å². The van der Waals surface area contributed by atoms with Gasteiger partial charge in [-0.25, -0.2) is 4.39 Å². The quantitative estimate of drug-likeness (QED) is 0.854. The van der Waals surface area contributed by atoms with Crippen molar-refractivity contribution in [1.29, 1.82) is 5.26 Å². The van der Waals surface area contributed by atoms with Crippen LogP contribution in [-0.2, 0) is 16.0 Å². The van der Waals surface area contributed by atoms with Gasteiger partial charge in [0.2, 0.25) is 0 Å². The molecule has 1 heterocycles. The van der Waals surface area contributed by atoms with E-state index < -0.39 is 0 Å². The molecule has 21 heavy (non-hydrogen) atoms. The minimum atomic E-state index is -0.315. The van der Waals surface area contributed by atoms with Crippen molar-refractivity contribution in [2.45, 2.75) is 32.1 Å². The maximum Gasteiger partial charge on any atom is 0.123 e. The normalized spacial score (nSPS) is 22.0. The van der Waals surface area contributed by atoms with Crippen LogP contribution < -0.4 is 0 Å². The first kappa shape index (κ1) is 15.9. The van der Waals surface area contributed by atoms with Gasteiger partial charge in [0.1, 0.15) is 5.82 Å². The van der Waals surface area contributed by atoms with E-state index in [1.54, 1.807) is 7.11 Å². The molecule has 0 aliphatic carbocycles. The van der Waals surface area contributed by atoms with Gasteiger partial charge in [0.25, 0.3) is 0 Å². The number of methoxy groups -OCH3 is 1. The number of ether oxygens (including phenoxy) is 2. The predicted octanol–water partition coefficient (Wildman–Crippen LogP) is 2.32. The number of halogens is 1. The predicted molar refractivity (Wildman–Crippen MR) is 77.2 cm³/mol. The molecule has 1 fully saturated rings. The highest BCUT2D eigenvalue weighted by Gasteiger charge is 2.33. The molecule has 0 saturated carbocycles. The summed E-state index contributed by atoms with van der Waals surface area (Å²) in [5.74, 6) is -0.315. The summed E-state index contributed by atoms with van der Waals surface area (Å²) in [6, 6.07) is 6.41. The fourth-order valence-electron chi connectivity index (χ4n) is 2.85. The van der Waals surface area contributed by atoms with Crippen molar-refractivity contribution in [3.05, 3.63) is 35.1 Å². The summed E-state index contributed by atoms with van der Waals surface area (Å²) >= 11 is 0. The Hall–Kier alpha value is -1.48. The lowest BCUT2D eigenvalue weighted by Crippen LogP contribution is -2.53. The van der Waals surface area contributed by atoms with Gasteiger partial charge in [-0.15, -0.1) is 0 Å². The van der Waals surface area contributed by atoms with Crippen molar-refractivity contribution >= 4 is 0 Å². The molecule has 2 rings (SSSR count). The number of rotatable bonds is 4. The Morgan fingerprint density at radius 3 is 2.95 bits per heavy atom. The van der Waals surface area contributed by atoms with Crippen molar-refractivity contribution in [3.8, 4) is 6.07 Å². The average Bonchev–Trinajstić information content (AvgIpc) is 2.37. The van der Waals surface area contributed by atoms with E-state index in [1.807, 2.05) is 13.8 Å². The summed E-state index contributed by atoms with van der Waals surface area (Å²) in [5.41, 5.74) is 0.942. The Morgan fingerprint density at radius 1 is 1.52 bits per heavy atom. The van der Waals surface area contributed by atoms with Gasteiger partial charge in [-0.3, -0.25) is 4.90 Å². The third-order valence-corrected chi connectivity index (χ3v) is 3.49. The molecule has 5 heteroatoms. The van der Waals surface area contributed by atoms with Crippen molar-refractivity contribution in [1.82, 2.24) is 4.90 Å². The summed E-state index contributed by atoms with van der Waals surface area (Å²) in [6.45, 7) is 6.55. The van der Waals surface area contributed by atoms with Crippen LogP contribution in [0.15, 0.2) is 18.2 Å². The molecular weight excluding hydrogens is 271 g/mol. The van der Waals surface area contributed by atoms with Gasteiger partial charge >= 0.3 is 0 Å². The van der Waals surface area contributed by atoms with E-state index in [0.29, 0.717) is 30.8 Å². The molecule has 0 N–H and O–H groups in total. The third-order valence-electron chi connectivity index (χ3n) is 3.49. The smallest absolute Gasteiger partial charge is 0.123 e. The third kappa shape index (κ3) is 4.24. The van der Waals surface area contributed by atoms with Gasteiger partial charge < -0.3 is 9.47 Å². The molecular formula is C16H21FN2O2. The molecule has 1 aromatic carbocycles. The van der Waals surface area contributed by atoms with Crippen LogP contribution in [0.3, 0.4) is 0 Å². The van der Waals surface area contributed by atoms with Crippen molar-refractivity contribution in [2.24, 2.45) is 0 Å². The summed E-state index contributed by atoms with van der Waals surface area (Å²) in [5, 5.41) is 9.14. The summed E-state index contributed by atoms with van der Waals surface area (Å²) in [6.07, 6.45) is -0.0159. The monoisotopic (exact) mass is 292 g/mol. The Balaban J connectivity index is 2.15. The maximum absolute atomic E-state index is 13.4. The highest BCUT2D eigenvalue weighted by Crippen LogP contribution is 2.23. The molecule has 4 nitrogen and oxygen atoms in total. The second-order valence-corrected chi connectivity index (χ2v) is 6.04. The number of nitriles is 1. The molecule has 0 spiro atoms. The number of morpholine rings is 1. The second kappa shape index (κ2) is 6.52. The lowest BCUT2D eigenvalue weighted by Gasteiger charge is -2.42. The maximum atomic E-state index is 13.4. The van der Waals surface area contributed by atoms with E-state index in [4.69, 9.17) is 14.7 Å². The van der Waals surface area contributed by atoms with Gasteiger partial charge in [-0.2, -0.15) is 5.26 Å². The van der Waals surface area contributed by atoms with Crippen LogP contribution in [0.2, 0.25) is 0 Å². The van der Waals surface area contributed by atoms with Crippen LogP contribution in [0, 0.1) is 17.1 Å². The number of nitrogens with zero attached hydrogens (tertiary/aromatic N) is 2. The van der Waals surface area contributed by atoms with E-state index in [-0.39, 0.29) is 17.5 Å². The van der Waals surface area contributed by atoms with Gasteiger partial charge in [0, 0.05) is 26.7 Å². The van der Waals surface area contributed by atoms with Gasteiger partial charge in [-0.05, 0) is 37.6 Å². The minimum Gasteiger partial charge on any atom is -0.382 e. The zero-order valence-corrected chi connectivity index (χ0v) is 12.7. The summed E-state index contributed by atoms with van der Waals surface area (Å²) in [7, 11) is 1.65. The topological polar surface area (TPSA) is 45.5 Å². The molecule has 0 radical (unpaired) electrons. The minimum absolute atomic E-state index is 0.0159. The molecule has 1 atom stereocenters. The van der Waals surface area contributed by atoms with E-state index in [2.05, 4.69) is 11.0 Å². The van der Waals surface area contributed by atoms with Crippen molar-refractivity contribution in [2.75, 3.05) is 26.8 Å². The first-order chi connectivity index (χ1) is 9.93. The first-order valence-corrected chi connectivity index (χ1v) is 7.01. The van der Waals surface area contributed by atoms with Gasteiger partial charge in [0.15, 0.2) is 0 Å². The fraction of sp³-hybridized carbons (Fsp3) is 0.562. The van der Waals surface area contributed by atoms with Crippen molar-refractivity contribution in [3.63, 3.8) is 0 Å². The molecule has 1 aromatic rings. The van der Waals surface area contributed by atoms with E-state index in [1.165, 1.54) is 18.2 Å². The number of hydrogen-bond acceptors (Lipinski definition) is 4. The van der Waals surface area contributed by atoms with Crippen LogP contribution in [0.4, 0.5) is 4.39 Å². The van der Waals surface area contributed by atoms with Gasteiger partial charge in [0.05, 0.1) is 29.9 Å².